The summed E-state index contributed by atoms with van der Waals surface area (Å²) in [7, 11) is 0. The Morgan fingerprint density at radius 3 is 2.62 bits per heavy atom. The number of carboxylic acid groups (broad SMARTS) is 1. The normalized spacial score (nSPS) is 25.6. The molecule has 1 aromatic carbocycles. The van der Waals surface area contributed by atoms with Crippen molar-refractivity contribution in [1.82, 2.24) is 4.90 Å². The summed E-state index contributed by atoms with van der Waals surface area (Å²) < 4.78 is 0. The molecular weight excluding hydrogens is 270 g/mol. The minimum atomic E-state index is -1.07. The van der Waals surface area contributed by atoms with Crippen molar-refractivity contribution in [2.45, 2.75) is 31.9 Å². The van der Waals surface area contributed by atoms with E-state index < -0.39 is 18.0 Å². The van der Waals surface area contributed by atoms with Crippen LogP contribution in [0.2, 0.25) is 0 Å². The van der Waals surface area contributed by atoms with Gasteiger partial charge in [0.05, 0.1) is 18.1 Å². The second-order valence-electron chi connectivity index (χ2n) is 5.67. The highest BCUT2D eigenvalue weighted by molar-refractivity contribution is 5.99. The van der Waals surface area contributed by atoms with E-state index in [1.165, 1.54) is 4.90 Å². The average Bonchev–Trinajstić information content (AvgIpc) is 2.74. The third-order valence-electron chi connectivity index (χ3n) is 4.28. The van der Waals surface area contributed by atoms with Crippen molar-refractivity contribution in [1.29, 1.82) is 0 Å². The van der Waals surface area contributed by atoms with Crippen molar-refractivity contribution in [3.8, 4) is 0 Å². The molecule has 2 heterocycles. The van der Waals surface area contributed by atoms with Crippen LogP contribution in [0.4, 0.5) is 0 Å². The van der Waals surface area contributed by atoms with Gasteiger partial charge in [0.25, 0.3) is 0 Å². The molecule has 2 aliphatic rings. The number of aliphatic carboxylic acids is 1. The monoisotopic (exact) mass is 287 g/mol. The van der Waals surface area contributed by atoms with E-state index in [1.54, 1.807) is 6.92 Å². The molecule has 3 rings (SSSR count). The number of rotatable bonds is 4. The Bertz CT molecular complexity index is 620. The highest BCUT2D eigenvalue weighted by Gasteiger charge is 2.56. The van der Waals surface area contributed by atoms with Gasteiger partial charge >= 0.3 is 5.97 Å². The number of hydrogen-bond acceptors (Lipinski definition) is 3. The van der Waals surface area contributed by atoms with Crippen molar-refractivity contribution in [3.63, 3.8) is 0 Å². The van der Waals surface area contributed by atoms with E-state index in [-0.39, 0.29) is 17.6 Å². The number of carboxylic acids is 1. The van der Waals surface area contributed by atoms with E-state index >= 15 is 0 Å². The molecule has 0 spiro atoms. The van der Waals surface area contributed by atoms with Crippen LogP contribution in [0.5, 0.6) is 0 Å². The van der Waals surface area contributed by atoms with E-state index in [9.17, 15) is 19.8 Å². The predicted molar refractivity (Wildman–Crippen MR) is 75.2 cm³/mol. The zero-order valence-corrected chi connectivity index (χ0v) is 11.7. The van der Waals surface area contributed by atoms with Gasteiger partial charge in [0, 0.05) is 0 Å². The number of hydrogen-bond donors (Lipinski definition) is 2. The van der Waals surface area contributed by atoms with Crippen LogP contribution in [-0.2, 0) is 16.0 Å². The number of amides is 1. The van der Waals surface area contributed by atoms with Gasteiger partial charge in [-0.25, -0.2) is 4.79 Å². The predicted octanol–water partition coefficient (Wildman–Crippen LogP) is 1.18. The minimum Gasteiger partial charge on any atom is -0.477 e. The Hall–Kier alpha value is -2.14. The Morgan fingerprint density at radius 1 is 1.38 bits per heavy atom. The number of nitrogens with zero attached hydrogens (tertiary/aromatic N) is 1. The van der Waals surface area contributed by atoms with Crippen LogP contribution >= 0.6 is 0 Å². The summed E-state index contributed by atoms with van der Waals surface area (Å²) in [6.07, 6.45) is 0.303. The number of carbonyl (C=O) groups excluding carboxylic acids is 1. The first kappa shape index (κ1) is 13.8. The molecule has 1 aromatic rings. The summed E-state index contributed by atoms with van der Waals surface area (Å²) in [6.45, 7) is 1.58. The Labute approximate surface area is 122 Å². The maximum Gasteiger partial charge on any atom is 0.352 e. The van der Waals surface area contributed by atoms with Crippen molar-refractivity contribution in [3.05, 3.63) is 47.2 Å². The van der Waals surface area contributed by atoms with Gasteiger partial charge < -0.3 is 15.1 Å². The van der Waals surface area contributed by atoms with Crippen LogP contribution in [-0.4, -0.2) is 39.1 Å². The molecule has 1 fully saturated rings. The summed E-state index contributed by atoms with van der Waals surface area (Å²) in [5, 5.41) is 19.1. The van der Waals surface area contributed by atoms with Crippen LogP contribution in [0.25, 0.3) is 0 Å². The Balaban J connectivity index is 1.89. The second-order valence-corrected chi connectivity index (χ2v) is 5.67. The van der Waals surface area contributed by atoms with Gasteiger partial charge in [0.2, 0.25) is 5.91 Å². The van der Waals surface area contributed by atoms with Gasteiger partial charge in [-0.1, -0.05) is 30.3 Å². The molecule has 1 amide bonds. The van der Waals surface area contributed by atoms with Crippen LogP contribution in [0, 0.1) is 5.92 Å². The highest BCUT2D eigenvalue weighted by atomic mass is 16.4. The average molecular weight is 287 g/mol. The zero-order chi connectivity index (χ0) is 15.1. The molecule has 0 unspecified atom stereocenters. The molecule has 5 heteroatoms. The zero-order valence-electron chi connectivity index (χ0n) is 11.7. The van der Waals surface area contributed by atoms with E-state index in [0.29, 0.717) is 12.8 Å². The largest absolute Gasteiger partial charge is 0.477 e. The molecule has 0 aliphatic carbocycles. The van der Waals surface area contributed by atoms with Gasteiger partial charge in [-0.2, -0.15) is 0 Å². The first-order chi connectivity index (χ1) is 10.0. The molecule has 0 saturated carbocycles. The number of carbonyl (C=O) groups is 2. The molecule has 3 atom stereocenters. The Kier molecular flexibility index (Phi) is 3.29. The summed E-state index contributed by atoms with van der Waals surface area (Å²) in [4.78, 5) is 24.9. The highest BCUT2D eigenvalue weighted by Crippen LogP contribution is 2.44. The molecule has 2 N–H and O–H groups in total. The van der Waals surface area contributed by atoms with Gasteiger partial charge in [-0.05, 0) is 30.9 Å². The lowest BCUT2D eigenvalue weighted by Gasteiger charge is -2.44. The smallest absolute Gasteiger partial charge is 0.352 e. The first-order valence-corrected chi connectivity index (χ1v) is 7.01. The summed E-state index contributed by atoms with van der Waals surface area (Å²) in [6, 6.07) is 9.40. The van der Waals surface area contributed by atoms with Crippen molar-refractivity contribution >= 4 is 11.9 Å². The maximum absolute atomic E-state index is 12.1. The SMILES string of the molecule is C[C@@H](O)[C@H]1C(=O)N2C(C(=O)O)=C(Cc3ccccc3)C[C@H]12. The van der Waals surface area contributed by atoms with Crippen molar-refractivity contribution in [2.75, 3.05) is 0 Å². The molecule has 0 aromatic heterocycles. The second kappa shape index (κ2) is 5.00. The fraction of sp³-hybridized carbons (Fsp3) is 0.375. The maximum atomic E-state index is 12.1. The van der Waals surface area contributed by atoms with Crippen molar-refractivity contribution in [2.24, 2.45) is 5.92 Å². The summed E-state index contributed by atoms with van der Waals surface area (Å²) in [5.74, 6) is -1.83. The molecular formula is C16H17NO4. The number of aliphatic hydroxyl groups excluding tert-OH is 1. The summed E-state index contributed by atoms with van der Waals surface area (Å²) in [5.41, 5.74) is 1.88. The van der Waals surface area contributed by atoms with E-state index in [0.717, 1.165) is 11.1 Å². The van der Waals surface area contributed by atoms with Gasteiger partial charge in [0.1, 0.15) is 5.70 Å². The fourth-order valence-electron chi connectivity index (χ4n) is 3.36. The number of fused-ring (bicyclic) bond motifs is 1. The molecule has 1 saturated heterocycles. The summed E-state index contributed by atoms with van der Waals surface area (Å²) >= 11 is 0. The number of aliphatic hydroxyl groups is 1. The van der Waals surface area contributed by atoms with Crippen molar-refractivity contribution < 1.29 is 19.8 Å². The van der Waals surface area contributed by atoms with Gasteiger partial charge in [-0.15, -0.1) is 0 Å². The van der Waals surface area contributed by atoms with E-state index in [2.05, 4.69) is 0 Å². The van der Waals surface area contributed by atoms with Crippen LogP contribution in [0.15, 0.2) is 41.6 Å². The van der Waals surface area contributed by atoms with E-state index in [4.69, 9.17) is 0 Å². The van der Waals surface area contributed by atoms with Crippen LogP contribution < -0.4 is 0 Å². The molecule has 0 radical (unpaired) electrons. The topological polar surface area (TPSA) is 77.8 Å². The molecule has 0 bridgehead atoms. The minimum absolute atomic E-state index is 0.103. The van der Waals surface area contributed by atoms with E-state index in [1.807, 2.05) is 30.3 Å². The Morgan fingerprint density at radius 2 is 2.05 bits per heavy atom. The third kappa shape index (κ3) is 2.14. The molecule has 5 nitrogen and oxygen atoms in total. The van der Waals surface area contributed by atoms with Crippen LogP contribution in [0.3, 0.4) is 0 Å². The molecule has 2 aliphatic heterocycles. The first-order valence-electron chi connectivity index (χ1n) is 7.01. The molecule has 21 heavy (non-hydrogen) atoms. The van der Waals surface area contributed by atoms with Crippen LogP contribution in [0.1, 0.15) is 18.9 Å². The standard InChI is InChI=1S/C16H17NO4/c1-9(18)13-12-8-11(7-10-5-3-2-4-6-10)14(16(20)21)17(12)15(13)19/h2-6,9,12-13,18H,7-8H2,1H3,(H,20,21)/t9-,12-,13-/m1/s1. The third-order valence-corrected chi connectivity index (χ3v) is 4.28. The van der Waals surface area contributed by atoms with Gasteiger partial charge in [0.15, 0.2) is 0 Å². The lowest BCUT2D eigenvalue weighted by Crippen LogP contribution is -2.61. The number of β-lactam (4-membered cyclic amide) rings is 1. The lowest BCUT2D eigenvalue weighted by atomic mass is 9.82. The van der Waals surface area contributed by atoms with Gasteiger partial charge in [-0.3, -0.25) is 4.79 Å². The quantitative estimate of drug-likeness (QED) is 0.815. The lowest BCUT2D eigenvalue weighted by molar-refractivity contribution is -0.161. The fourth-order valence-corrected chi connectivity index (χ4v) is 3.36. The number of benzene rings is 1. The molecule has 110 valence electrons.